The van der Waals surface area contributed by atoms with Crippen LogP contribution in [0.4, 0.5) is 10.5 Å². The molecule has 0 fully saturated rings. The summed E-state index contributed by atoms with van der Waals surface area (Å²) in [5.41, 5.74) is 1.17. The fourth-order valence-corrected chi connectivity index (χ4v) is 2.77. The molecular weight excluding hydrogens is 404 g/mol. The summed E-state index contributed by atoms with van der Waals surface area (Å²) in [5.74, 6) is -2.44. The lowest BCUT2D eigenvalue weighted by molar-refractivity contribution is -0.141. The van der Waals surface area contributed by atoms with Gasteiger partial charge >= 0.3 is 18.0 Å². The first-order valence-corrected chi connectivity index (χ1v) is 9.48. The summed E-state index contributed by atoms with van der Waals surface area (Å²) < 4.78 is 9.76. The van der Waals surface area contributed by atoms with Crippen molar-refractivity contribution >= 4 is 29.5 Å². The molecule has 2 atom stereocenters. The molecule has 0 bridgehead atoms. The van der Waals surface area contributed by atoms with Crippen LogP contribution in [0, 0.1) is 0 Å². The van der Waals surface area contributed by atoms with Crippen LogP contribution in [0.5, 0.6) is 0 Å². The molecule has 3 N–H and O–H groups in total. The molecule has 9 nitrogen and oxygen atoms in total. The number of carbonyl (C=O) groups is 4. The number of carboxylic acids is 1. The summed E-state index contributed by atoms with van der Waals surface area (Å²) >= 11 is 0. The second kappa shape index (κ2) is 11.3. The summed E-state index contributed by atoms with van der Waals surface area (Å²) in [7, 11) is 1.24. The number of Topliss-reactive ketones (excluding diaryl/α,β-unsaturated/α-hetero) is 1. The number of anilines is 1. The smallest absolute Gasteiger partial charge is 0.408 e. The van der Waals surface area contributed by atoms with Crippen molar-refractivity contribution in [2.45, 2.75) is 32.0 Å². The summed E-state index contributed by atoms with van der Waals surface area (Å²) in [4.78, 5) is 48.2. The van der Waals surface area contributed by atoms with Crippen molar-refractivity contribution in [2.75, 3.05) is 12.4 Å². The van der Waals surface area contributed by atoms with E-state index in [4.69, 9.17) is 4.74 Å². The highest BCUT2D eigenvalue weighted by Gasteiger charge is 2.28. The van der Waals surface area contributed by atoms with Crippen LogP contribution in [0.3, 0.4) is 0 Å². The Morgan fingerprint density at radius 3 is 2.29 bits per heavy atom. The number of nitrogens with one attached hydrogen (secondary N) is 2. The first kappa shape index (κ1) is 23.4. The molecule has 0 saturated carbocycles. The van der Waals surface area contributed by atoms with Crippen LogP contribution >= 0.6 is 0 Å². The van der Waals surface area contributed by atoms with Crippen molar-refractivity contribution in [3.8, 4) is 0 Å². The number of hydrogen-bond acceptors (Lipinski definition) is 7. The van der Waals surface area contributed by atoms with Gasteiger partial charge in [0.25, 0.3) is 0 Å². The first-order valence-electron chi connectivity index (χ1n) is 9.48. The normalized spacial score (nSPS) is 12.2. The highest BCUT2D eigenvalue weighted by atomic mass is 16.5. The lowest BCUT2D eigenvalue weighted by atomic mass is 9.99. The zero-order valence-corrected chi connectivity index (χ0v) is 17.2. The largest absolute Gasteiger partial charge is 0.481 e. The van der Waals surface area contributed by atoms with Gasteiger partial charge in [-0.1, -0.05) is 42.5 Å². The molecule has 0 aliphatic heterocycles. The number of carbonyl (C=O) groups excluding carboxylic acids is 3. The van der Waals surface area contributed by atoms with E-state index in [0.717, 1.165) is 5.56 Å². The molecule has 0 aliphatic rings. The molecule has 2 rings (SSSR count). The van der Waals surface area contributed by atoms with Gasteiger partial charge in [0.05, 0.1) is 13.5 Å². The number of alkyl carbamates (subject to hydrolysis) is 1. The van der Waals surface area contributed by atoms with Crippen molar-refractivity contribution in [3.05, 3.63) is 65.7 Å². The lowest BCUT2D eigenvalue weighted by Gasteiger charge is -2.20. The Labute approximate surface area is 179 Å². The van der Waals surface area contributed by atoms with E-state index in [1.165, 1.54) is 13.2 Å². The van der Waals surface area contributed by atoms with Crippen molar-refractivity contribution in [2.24, 2.45) is 0 Å². The predicted molar refractivity (Wildman–Crippen MR) is 112 cm³/mol. The number of carboxylic acid groups (broad SMARTS) is 1. The maximum atomic E-state index is 13.0. The number of amides is 1. The van der Waals surface area contributed by atoms with E-state index in [9.17, 15) is 24.3 Å². The molecule has 0 aliphatic carbocycles. The van der Waals surface area contributed by atoms with Gasteiger partial charge in [0, 0.05) is 11.3 Å². The number of ketones is 1. The minimum atomic E-state index is -1.36. The van der Waals surface area contributed by atoms with Crippen LogP contribution in [0.1, 0.15) is 29.3 Å². The van der Waals surface area contributed by atoms with Gasteiger partial charge in [-0.15, -0.1) is 0 Å². The van der Waals surface area contributed by atoms with E-state index >= 15 is 0 Å². The fourth-order valence-electron chi connectivity index (χ4n) is 2.77. The van der Waals surface area contributed by atoms with Crippen molar-refractivity contribution < 1.29 is 33.8 Å². The van der Waals surface area contributed by atoms with Crippen LogP contribution in [-0.4, -0.2) is 48.1 Å². The topological polar surface area (TPSA) is 131 Å². The second-order valence-corrected chi connectivity index (χ2v) is 6.66. The number of rotatable bonds is 10. The molecule has 1 amide bonds. The van der Waals surface area contributed by atoms with Crippen molar-refractivity contribution in [1.82, 2.24) is 5.32 Å². The van der Waals surface area contributed by atoms with E-state index in [1.54, 1.807) is 49.4 Å². The fraction of sp³-hybridized carbons (Fsp3) is 0.273. The molecule has 2 aromatic carbocycles. The number of esters is 1. The van der Waals surface area contributed by atoms with Crippen molar-refractivity contribution in [3.63, 3.8) is 0 Å². The minimum absolute atomic E-state index is 0.0323. The number of methoxy groups -OCH3 is 1. The maximum absolute atomic E-state index is 13.0. The van der Waals surface area contributed by atoms with Gasteiger partial charge in [-0.3, -0.25) is 9.59 Å². The van der Waals surface area contributed by atoms with Gasteiger partial charge < -0.3 is 25.2 Å². The Morgan fingerprint density at radius 2 is 1.65 bits per heavy atom. The number of para-hydroxylation sites is 1. The lowest BCUT2D eigenvalue weighted by Crippen LogP contribution is -2.43. The van der Waals surface area contributed by atoms with Crippen LogP contribution < -0.4 is 10.6 Å². The second-order valence-electron chi connectivity index (χ2n) is 6.66. The van der Waals surface area contributed by atoms with Crippen LogP contribution in [0.2, 0.25) is 0 Å². The van der Waals surface area contributed by atoms with Gasteiger partial charge in [-0.2, -0.15) is 0 Å². The molecule has 0 radical (unpaired) electrons. The SMILES string of the molecule is COC(=O)[C@H](C)Nc1ccccc1C(=O)[C@H](CC(=O)O)NC(=O)OCc1ccccc1. The first-order chi connectivity index (χ1) is 14.8. The van der Waals surface area contributed by atoms with E-state index in [0.29, 0.717) is 5.69 Å². The Hall–Kier alpha value is -3.88. The van der Waals surface area contributed by atoms with Gasteiger partial charge in [0.2, 0.25) is 0 Å². The minimum Gasteiger partial charge on any atom is -0.481 e. The Kier molecular flexibility index (Phi) is 8.56. The Morgan fingerprint density at radius 1 is 1.00 bits per heavy atom. The van der Waals surface area contributed by atoms with Gasteiger partial charge in [-0.25, -0.2) is 9.59 Å². The molecule has 9 heteroatoms. The zero-order valence-electron chi connectivity index (χ0n) is 17.2. The van der Waals surface area contributed by atoms with E-state index in [2.05, 4.69) is 15.4 Å². The molecule has 0 spiro atoms. The van der Waals surface area contributed by atoms with E-state index in [1.807, 2.05) is 6.07 Å². The number of aliphatic carboxylic acids is 1. The third kappa shape index (κ3) is 7.14. The Balaban J connectivity index is 2.14. The Bertz CT molecular complexity index is 930. The van der Waals surface area contributed by atoms with E-state index < -0.39 is 42.3 Å². The van der Waals surface area contributed by atoms with Crippen molar-refractivity contribution in [1.29, 1.82) is 0 Å². The average molecular weight is 428 g/mol. The molecule has 0 saturated heterocycles. The quantitative estimate of drug-likeness (QED) is 0.389. The third-order valence-corrected chi connectivity index (χ3v) is 4.32. The average Bonchev–Trinajstić information content (AvgIpc) is 2.77. The van der Waals surface area contributed by atoms with Crippen LogP contribution in [0.15, 0.2) is 54.6 Å². The number of benzene rings is 2. The maximum Gasteiger partial charge on any atom is 0.408 e. The molecule has 0 aromatic heterocycles. The number of ether oxygens (including phenoxy) is 2. The monoisotopic (exact) mass is 428 g/mol. The molecular formula is C22H24N2O7. The van der Waals surface area contributed by atoms with Gasteiger partial charge in [0.1, 0.15) is 18.7 Å². The molecule has 0 unspecified atom stereocenters. The third-order valence-electron chi connectivity index (χ3n) is 4.32. The summed E-state index contributed by atoms with van der Waals surface area (Å²) in [6.45, 7) is 1.52. The summed E-state index contributed by atoms with van der Waals surface area (Å²) in [6, 6.07) is 13.1. The standard InChI is InChI=1S/C22H24N2O7/c1-14(21(28)30-2)23-17-11-7-6-10-16(17)20(27)18(12-19(25)26)24-22(29)31-13-15-8-4-3-5-9-15/h3-11,14,18,23H,12-13H2,1-2H3,(H,24,29)(H,25,26)/t14-,18-/m0/s1. The number of hydrogen-bond donors (Lipinski definition) is 3. The summed E-state index contributed by atoms with van der Waals surface area (Å²) in [5, 5.41) is 14.4. The van der Waals surface area contributed by atoms with Crippen LogP contribution in [-0.2, 0) is 25.7 Å². The van der Waals surface area contributed by atoms with Crippen LogP contribution in [0.25, 0.3) is 0 Å². The summed E-state index contributed by atoms with van der Waals surface area (Å²) in [6.07, 6.45) is -1.56. The molecule has 0 heterocycles. The zero-order chi connectivity index (χ0) is 22.8. The molecule has 164 valence electrons. The highest BCUT2D eigenvalue weighted by Crippen LogP contribution is 2.19. The van der Waals surface area contributed by atoms with Gasteiger partial charge in [-0.05, 0) is 24.6 Å². The molecule has 2 aromatic rings. The predicted octanol–water partition coefficient (Wildman–Crippen LogP) is 2.61. The van der Waals surface area contributed by atoms with E-state index in [-0.39, 0.29) is 12.2 Å². The highest BCUT2D eigenvalue weighted by molar-refractivity contribution is 6.07. The van der Waals surface area contributed by atoms with Gasteiger partial charge in [0.15, 0.2) is 5.78 Å². The molecule has 31 heavy (non-hydrogen) atoms.